The number of rotatable bonds is 3. The Morgan fingerprint density at radius 3 is 2.62 bits per heavy atom. The van der Waals surface area contributed by atoms with Crippen LogP contribution in [0.4, 0.5) is 0 Å². The highest BCUT2D eigenvalue weighted by Crippen LogP contribution is 2.32. The van der Waals surface area contributed by atoms with Crippen LogP contribution in [0.15, 0.2) is 18.2 Å². The first-order valence-electron chi connectivity index (χ1n) is 4.40. The third kappa shape index (κ3) is 2.05. The summed E-state index contributed by atoms with van der Waals surface area (Å²) in [6.45, 7) is 0.713. The number of ether oxygens (including phenoxy) is 1. The first-order chi connectivity index (χ1) is 6.25. The quantitative estimate of drug-likeness (QED) is 0.698. The molecule has 1 aliphatic rings. The van der Waals surface area contributed by atoms with Crippen molar-refractivity contribution < 1.29 is 14.9 Å². The van der Waals surface area contributed by atoms with Gasteiger partial charge < -0.3 is 14.9 Å². The highest BCUT2D eigenvalue weighted by atomic mass is 16.5. The Labute approximate surface area is 76.6 Å². The minimum atomic E-state index is -0.131. The van der Waals surface area contributed by atoms with Crippen LogP contribution in [-0.2, 0) is 0 Å². The van der Waals surface area contributed by atoms with E-state index in [9.17, 15) is 0 Å². The third-order valence-corrected chi connectivity index (χ3v) is 2.13. The summed E-state index contributed by atoms with van der Waals surface area (Å²) in [5, 5.41) is 18.2. The Balaban J connectivity index is 1.98. The van der Waals surface area contributed by atoms with E-state index in [1.54, 1.807) is 6.07 Å². The zero-order valence-corrected chi connectivity index (χ0v) is 7.23. The predicted octanol–water partition coefficient (Wildman–Crippen LogP) is 1.89. The molecule has 2 rings (SSSR count). The van der Waals surface area contributed by atoms with E-state index in [2.05, 4.69) is 0 Å². The predicted molar refractivity (Wildman–Crippen MR) is 48.0 cm³/mol. The minimum absolute atomic E-state index is 0.112. The number of phenolic OH excluding ortho intramolecular Hbond substituents is 2. The summed E-state index contributed by atoms with van der Waals surface area (Å²) in [5.41, 5.74) is 0. The second-order valence-corrected chi connectivity index (χ2v) is 3.40. The van der Waals surface area contributed by atoms with Crippen molar-refractivity contribution >= 4 is 0 Å². The van der Waals surface area contributed by atoms with Crippen LogP contribution in [0, 0.1) is 5.92 Å². The lowest BCUT2D eigenvalue weighted by Gasteiger charge is -2.05. The Kier molecular flexibility index (Phi) is 2.00. The van der Waals surface area contributed by atoms with Gasteiger partial charge in [-0.05, 0) is 30.9 Å². The van der Waals surface area contributed by atoms with E-state index in [0.29, 0.717) is 18.3 Å². The molecule has 0 amide bonds. The Morgan fingerprint density at radius 1 is 1.23 bits per heavy atom. The zero-order chi connectivity index (χ0) is 9.26. The lowest BCUT2D eigenvalue weighted by Crippen LogP contribution is -1.98. The van der Waals surface area contributed by atoms with Crippen LogP contribution in [0.2, 0.25) is 0 Å². The van der Waals surface area contributed by atoms with Gasteiger partial charge in [-0.2, -0.15) is 0 Å². The van der Waals surface area contributed by atoms with Gasteiger partial charge in [0.2, 0.25) is 0 Å². The zero-order valence-electron chi connectivity index (χ0n) is 7.23. The Bertz CT molecular complexity index is 305. The Morgan fingerprint density at radius 2 is 2.00 bits per heavy atom. The van der Waals surface area contributed by atoms with Crippen LogP contribution >= 0.6 is 0 Å². The normalized spacial score (nSPS) is 15.7. The van der Waals surface area contributed by atoms with E-state index in [1.807, 2.05) is 0 Å². The van der Waals surface area contributed by atoms with Gasteiger partial charge >= 0.3 is 0 Å². The fraction of sp³-hybridized carbons (Fsp3) is 0.400. The van der Waals surface area contributed by atoms with Gasteiger partial charge in [0, 0.05) is 6.07 Å². The molecule has 3 heteroatoms. The number of hydrogen-bond acceptors (Lipinski definition) is 3. The van der Waals surface area contributed by atoms with Gasteiger partial charge in [-0.15, -0.1) is 0 Å². The van der Waals surface area contributed by atoms with E-state index < -0.39 is 0 Å². The van der Waals surface area contributed by atoms with Crippen molar-refractivity contribution in [3.8, 4) is 17.2 Å². The topological polar surface area (TPSA) is 49.7 Å². The first-order valence-corrected chi connectivity index (χ1v) is 4.40. The van der Waals surface area contributed by atoms with Crippen LogP contribution in [0.25, 0.3) is 0 Å². The highest BCUT2D eigenvalue weighted by Gasteiger charge is 2.21. The van der Waals surface area contributed by atoms with E-state index in [-0.39, 0.29) is 11.5 Å². The van der Waals surface area contributed by atoms with Crippen LogP contribution in [0.1, 0.15) is 12.8 Å². The average Bonchev–Trinajstić information content (AvgIpc) is 2.91. The molecule has 1 saturated carbocycles. The van der Waals surface area contributed by atoms with Crippen molar-refractivity contribution in [2.24, 2.45) is 5.92 Å². The van der Waals surface area contributed by atoms with Crippen molar-refractivity contribution in [2.45, 2.75) is 12.8 Å². The van der Waals surface area contributed by atoms with Crippen LogP contribution in [-0.4, -0.2) is 16.8 Å². The molecule has 0 bridgehead atoms. The van der Waals surface area contributed by atoms with E-state index in [0.717, 1.165) is 0 Å². The molecule has 0 radical (unpaired) electrons. The average molecular weight is 180 g/mol. The molecule has 0 atom stereocenters. The summed E-state index contributed by atoms with van der Waals surface area (Å²) in [5.74, 6) is 1.06. The summed E-state index contributed by atoms with van der Waals surface area (Å²) >= 11 is 0. The molecule has 3 nitrogen and oxygen atoms in total. The molecule has 1 fully saturated rings. The van der Waals surface area contributed by atoms with E-state index in [4.69, 9.17) is 14.9 Å². The molecule has 1 aromatic carbocycles. The van der Waals surface area contributed by atoms with Gasteiger partial charge in [-0.25, -0.2) is 0 Å². The maximum Gasteiger partial charge on any atom is 0.161 e. The molecule has 0 heterocycles. The monoisotopic (exact) mass is 180 g/mol. The summed E-state index contributed by atoms with van der Waals surface area (Å²) in [7, 11) is 0. The number of hydrogen-bond donors (Lipinski definition) is 2. The molecule has 0 saturated heterocycles. The van der Waals surface area contributed by atoms with Crippen molar-refractivity contribution in [3.05, 3.63) is 18.2 Å². The molecule has 0 spiro atoms. The summed E-state index contributed by atoms with van der Waals surface area (Å²) in [6, 6.07) is 4.51. The first kappa shape index (κ1) is 8.23. The highest BCUT2D eigenvalue weighted by molar-refractivity contribution is 5.43. The molecule has 1 aromatic rings. The molecular formula is C10H12O3. The smallest absolute Gasteiger partial charge is 0.161 e. The fourth-order valence-corrected chi connectivity index (χ4v) is 1.09. The van der Waals surface area contributed by atoms with Gasteiger partial charge in [0.15, 0.2) is 11.5 Å². The fourth-order valence-electron chi connectivity index (χ4n) is 1.09. The lowest BCUT2D eigenvalue weighted by molar-refractivity contribution is 0.297. The maximum absolute atomic E-state index is 9.15. The largest absolute Gasteiger partial charge is 0.504 e. The van der Waals surface area contributed by atoms with Crippen LogP contribution in [0.5, 0.6) is 17.2 Å². The van der Waals surface area contributed by atoms with E-state index in [1.165, 1.54) is 25.0 Å². The molecule has 70 valence electrons. The molecule has 0 unspecified atom stereocenters. The molecule has 2 N–H and O–H groups in total. The Hall–Kier alpha value is -1.38. The summed E-state index contributed by atoms with van der Waals surface area (Å²) < 4.78 is 5.39. The number of aromatic hydroxyl groups is 2. The second-order valence-electron chi connectivity index (χ2n) is 3.40. The van der Waals surface area contributed by atoms with Crippen molar-refractivity contribution in [3.63, 3.8) is 0 Å². The van der Waals surface area contributed by atoms with Crippen molar-refractivity contribution in [1.29, 1.82) is 0 Å². The lowest BCUT2D eigenvalue weighted by atomic mass is 10.3. The molecule has 1 aliphatic carbocycles. The van der Waals surface area contributed by atoms with Gasteiger partial charge in [-0.1, -0.05) is 0 Å². The standard InChI is InChI=1S/C10H12O3/c11-9-4-3-8(5-10(9)12)13-6-7-1-2-7/h3-5,7,11-12H,1-2,6H2. The maximum atomic E-state index is 9.15. The molecule has 0 aliphatic heterocycles. The molecule has 0 aromatic heterocycles. The number of phenols is 2. The SMILES string of the molecule is Oc1ccc(OCC2CC2)cc1O. The number of benzene rings is 1. The van der Waals surface area contributed by atoms with Gasteiger partial charge in [0.1, 0.15) is 5.75 Å². The van der Waals surface area contributed by atoms with Gasteiger partial charge in [0.05, 0.1) is 6.61 Å². The van der Waals surface area contributed by atoms with Gasteiger partial charge in [0.25, 0.3) is 0 Å². The summed E-state index contributed by atoms with van der Waals surface area (Å²) in [6.07, 6.45) is 2.48. The van der Waals surface area contributed by atoms with Crippen molar-refractivity contribution in [2.75, 3.05) is 6.61 Å². The van der Waals surface area contributed by atoms with Crippen molar-refractivity contribution in [1.82, 2.24) is 0 Å². The summed E-state index contributed by atoms with van der Waals surface area (Å²) in [4.78, 5) is 0. The van der Waals surface area contributed by atoms with Crippen LogP contribution in [0.3, 0.4) is 0 Å². The van der Waals surface area contributed by atoms with Crippen LogP contribution < -0.4 is 4.74 Å². The molecular weight excluding hydrogens is 168 g/mol. The second kappa shape index (κ2) is 3.17. The third-order valence-electron chi connectivity index (χ3n) is 2.13. The molecule has 13 heavy (non-hydrogen) atoms. The van der Waals surface area contributed by atoms with E-state index >= 15 is 0 Å². The minimum Gasteiger partial charge on any atom is -0.504 e. The van der Waals surface area contributed by atoms with Gasteiger partial charge in [-0.3, -0.25) is 0 Å².